The van der Waals surface area contributed by atoms with E-state index in [9.17, 15) is 4.57 Å². The van der Waals surface area contributed by atoms with E-state index in [2.05, 4.69) is 29.7 Å². The van der Waals surface area contributed by atoms with Crippen LogP contribution in [0.4, 0.5) is 0 Å². The summed E-state index contributed by atoms with van der Waals surface area (Å²) in [7, 11) is -3.27. The van der Waals surface area contributed by atoms with Crippen LogP contribution in [0.15, 0.2) is 30.3 Å². The zero-order valence-corrected chi connectivity index (χ0v) is 15.3. The van der Waals surface area contributed by atoms with Crippen molar-refractivity contribution in [2.75, 3.05) is 26.3 Å². The molecule has 0 aromatic heterocycles. The largest absolute Gasteiger partial charge is 0.351 e. The summed E-state index contributed by atoms with van der Waals surface area (Å²) in [5.74, 6) is 0. The van der Waals surface area contributed by atoms with Gasteiger partial charge in [0, 0.05) is 12.6 Å². The van der Waals surface area contributed by atoms with Crippen LogP contribution >= 0.6 is 7.60 Å². The molecule has 0 amide bonds. The molecule has 0 aliphatic carbocycles. The molecule has 0 radical (unpaired) electrons. The summed E-state index contributed by atoms with van der Waals surface area (Å²) in [5.41, 5.74) is 1.16. The van der Waals surface area contributed by atoms with Crippen LogP contribution in [0.25, 0.3) is 0 Å². The summed E-state index contributed by atoms with van der Waals surface area (Å²) in [6, 6.07) is 10.3. The number of rotatable bonds is 8. The van der Waals surface area contributed by atoms with E-state index in [0.29, 0.717) is 19.8 Å². The van der Waals surface area contributed by atoms with Crippen LogP contribution in [-0.4, -0.2) is 31.6 Å². The van der Waals surface area contributed by atoms with Crippen LogP contribution in [0.5, 0.6) is 0 Å². The molecule has 1 aliphatic rings. The SMILES string of the molecule is CCOP(=O)(OCC)[C@@]1(N[C@@H](C)c2ccccc2)CCCNC1. The summed E-state index contributed by atoms with van der Waals surface area (Å²) in [4.78, 5) is 0. The maximum Gasteiger partial charge on any atom is 0.351 e. The molecular weight excluding hydrogens is 311 g/mol. The Hall–Kier alpha value is -0.710. The first-order valence-corrected chi connectivity index (χ1v) is 10.0. The topological polar surface area (TPSA) is 59.6 Å². The Morgan fingerprint density at radius 1 is 1.26 bits per heavy atom. The van der Waals surface area contributed by atoms with E-state index in [4.69, 9.17) is 9.05 Å². The molecule has 130 valence electrons. The summed E-state index contributed by atoms with van der Waals surface area (Å²) in [6.45, 7) is 8.07. The van der Waals surface area contributed by atoms with Crippen LogP contribution in [0.1, 0.15) is 45.2 Å². The minimum atomic E-state index is -3.27. The summed E-state index contributed by atoms with van der Waals surface area (Å²) in [5, 5.41) is 6.26. The fourth-order valence-corrected chi connectivity index (χ4v) is 5.52. The first kappa shape index (κ1) is 18.6. The van der Waals surface area contributed by atoms with Gasteiger partial charge in [-0.1, -0.05) is 30.3 Å². The normalized spacial score (nSPS) is 23.6. The molecule has 0 saturated carbocycles. The van der Waals surface area contributed by atoms with Crippen molar-refractivity contribution >= 4 is 7.60 Å². The van der Waals surface area contributed by atoms with Gasteiger partial charge in [-0.25, -0.2) is 0 Å². The van der Waals surface area contributed by atoms with Gasteiger partial charge in [0.15, 0.2) is 0 Å². The van der Waals surface area contributed by atoms with E-state index in [1.54, 1.807) is 0 Å². The Kier molecular flexibility index (Phi) is 6.81. The molecule has 2 N–H and O–H groups in total. The molecule has 0 bridgehead atoms. The van der Waals surface area contributed by atoms with Gasteiger partial charge in [-0.05, 0) is 45.7 Å². The fourth-order valence-electron chi connectivity index (χ4n) is 3.18. The number of hydrogen-bond donors (Lipinski definition) is 2. The van der Waals surface area contributed by atoms with E-state index in [-0.39, 0.29) is 6.04 Å². The molecule has 1 saturated heterocycles. The van der Waals surface area contributed by atoms with Gasteiger partial charge >= 0.3 is 7.60 Å². The summed E-state index contributed by atoms with van der Waals surface area (Å²) < 4.78 is 24.9. The van der Waals surface area contributed by atoms with E-state index >= 15 is 0 Å². The number of nitrogens with one attached hydrogen (secondary N) is 2. The van der Waals surface area contributed by atoms with Gasteiger partial charge in [0.1, 0.15) is 5.28 Å². The van der Waals surface area contributed by atoms with E-state index in [1.807, 2.05) is 32.0 Å². The smallest absolute Gasteiger partial charge is 0.314 e. The number of piperidine rings is 1. The highest BCUT2D eigenvalue weighted by atomic mass is 31.2. The molecule has 2 atom stereocenters. The molecule has 1 aromatic carbocycles. The molecule has 1 aromatic rings. The lowest BCUT2D eigenvalue weighted by Gasteiger charge is -2.44. The highest BCUT2D eigenvalue weighted by Gasteiger charge is 2.52. The first-order valence-electron chi connectivity index (χ1n) is 8.49. The lowest BCUT2D eigenvalue weighted by molar-refractivity contribution is 0.166. The Bertz CT molecular complexity index is 508. The Balaban J connectivity index is 2.29. The Morgan fingerprint density at radius 2 is 1.91 bits per heavy atom. The van der Waals surface area contributed by atoms with Crippen LogP contribution in [0.3, 0.4) is 0 Å². The van der Waals surface area contributed by atoms with Crippen molar-refractivity contribution in [2.45, 2.75) is 44.9 Å². The molecule has 23 heavy (non-hydrogen) atoms. The first-order chi connectivity index (χ1) is 11.1. The highest BCUT2D eigenvalue weighted by molar-refractivity contribution is 7.55. The van der Waals surface area contributed by atoms with Crippen LogP contribution < -0.4 is 10.6 Å². The Labute approximate surface area is 139 Å². The molecule has 6 heteroatoms. The average Bonchev–Trinajstić information content (AvgIpc) is 2.57. The monoisotopic (exact) mass is 340 g/mol. The van der Waals surface area contributed by atoms with Gasteiger partial charge in [0.2, 0.25) is 0 Å². The van der Waals surface area contributed by atoms with Crippen molar-refractivity contribution in [3.63, 3.8) is 0 Å². The molecular formula is C17H29N2O3P. The number of benzene rings is 1. The zero-order valence-electron chi connectivity index (χ0n) is 14.4. The standard InChI is InChI=1S/C17H29N2O3P/c1-4-21-23(20,22-5-2)17(12-9-13-18-14-17)19-15(3)16-10-7-6-8-11-16/h6-8,10-11,15,18-19H,4-5,9,12-14H2,1-3H3/t15-,17-/m0/s1. The quantitative estimate of drug-likeness (QED) is 0.707. The van der Waals surface area contributed by atoms with Gasteiger partial charge in [-0.2, -0.15) is 0 Å². The maximum absolute atomic E-state index is 13.5. The predicted molar refractivity (Wildman–Crippen MR) is 93.7 cm³/mol. The molecule has 0 unspecified atom stereocenters. The third-order valence-corrected chi connectivity index (χ3v) is 7.02. The van der Waals surface area contributed by atoms with E-state index in [1.165, 1.54) is 0 Å². The van der Waals surface area contributed by atoms with Gasteiger partial charge in [0.05, 0.1) is 13.2 Å². The molecule has 1 heterocycles. The fraction of sp³-hybridized carbons (Fsp3) is 0.647. The third-order valence-electron chi connectivity index (χ3n) is 4.27. The summed E-state index contributed by atoms with van der Waals surface area (Å²) in [6.07, 6.45) is 1.72. The minimum Gasteiger partial charge on any atom is -0.314 e. The molecule has 0 spiro atoms. The Morgan fingerprint density at radius 3 is 2.43 bits per heavy atom. The minimum absolute atomic E-state index is 0.0605. The predicted octanol–water partition coefficient (Wildman–Crippen LogP) is 3.68. The van der Waals surface area contributed by atoms with Crippen LogP contribution in [0.2, 0.25) is 0 Å². The summed E-state index contributed by atoms with van der Waals surface area (Å²) >= 11 is 0. The van der Waals surface area contributed by atoms with Gasteiger partial charge in [0.25, 0.3) is 0 Å². The van der Waals surface area contributed by atoms with E-state index < -0.39 is 12.9 Å². The molecule has 1 fully saturated rings. The number of hydrogen-bond acceptors (Lipinski definition) is 5. The zero-order chi connectivity index (χ0) is 16.8. The van der Waals surface area contributed by atoms with Crippen molar-refractivity contribution in [2.24, 2.45) is 0 Å². The van der Waals surface area contributed by atoms with Crippen molar-refractivity contribution in [3.8, 4) is 0 Å². The van der Waals surface area contributed by atoms with E-state index in [0.717, 1.165) is 24.9 Å². The van der Waals surface area contributed by atoms with Crippen molar-refractivity contribution < 1.29 is 13.6 Å². The van der Waals surface area contributed by atoms with Crippen LogP contribution in [0, 0.1) is 0 Å². The maximum atomic E-state index is 13.5. The van der Waals surface area contributed by atoms with Crippen molar-refractivity contribution in [1.29, 1.82) is 0 Å². The second-order valence-corrected chi connectivity index (χ2v) is 8.29. The van der Waals surface area contributed by atoms with Crippen molar-refractivity contribution in [1.82, 2.24) is 10.6 Å². The van der Waals surface area contributed by atoms with Crippen molar-refractivity contribution in [3.05, 3.63) is 35.9 Å². The third kappa shape index (κ3) is 4.23. The molecule has 2 rings (SSSR count). The van der Waals surface area contributed by atoms with Gasteiger partial charge in [-0.3, -0.25) is 9.88 Å². The van der Waals surface area contributed by atoms with Gasteiger partial charge in [-0.15, -0.1) is 0 Å². The second kappa shape index (κ2) is 8.41. The highest BCUT2D eigenvalue weighted by Crippen LogP contribution is 2.61. The lowest BCUT2D eigenvalue weighted by Crippen LogP contribution is -2.56. The molecule has 1 aliphatic heterocycles. The lowest BCUT2D eigenvalue weighted by atomic mass is 10.0. The van der Waals surface area contributed by atoms with Gasteiger partial charge < -0.3 is 14.4 Å². The molecule has 5 nitrogen and oxygen atoms in total. The average molecular weight is 340 g/mol. The van der Waals surface area contributed by atoms with Crippen LogP contribution in [-0.2, 0) is 13.6 Å². The second-order valence-electron chi connectivity index (χ2n) is 5.92.